The average Bonchev–Trinajstić information content (AvgIpc) is 2.84. The topological polar surface area (TPSA) is 58.5 Å². The number of hydrogen-bond acceptors (Lipinski definition) is 3. The molecule has 5 heteroatoms. The van der Waals surface area contributed by atoms with Crippen LogP contribution in [0.1, 0.15) is 11.4 Å². The minimum Gasteiger partial charge on any atom is -0.349 e. The Hall–Kier alpha value is -1.62. The lowest BCUT2D eigenvalue weighted by Gasteiger charge is -2.00. The molecule has 2 aromatic rings. The Kier molecular flexibility index (Phi) is 3.14. The molecule has 0 saturated carbocycles. The number of nitrogens with one attached hydrogen (secondary N) is 2. The Bertz CT molecular complexity index is 390. The SMILES string of the molecule is Cn1cc(CNCCc2ncc[nH]2)cn1. The number of H-pyrrole nitrogens is 1. The summed E-state index contributed by atoms with van der Waals surface area (Å²) in [5.41, 5.74) is 1.21. The van der Waals surface area contributed by atoms with Crippen molar-refractivity contribution in [3.63, 3.8) is 0 Å². The lowest BCUT2D eigenvalue weighted by molar-refractivity contribution is 0.673. The van der Waals surface area contributed by atoms with Crippen LogP contribution in [0.25, 0.3) is 0 Å². The molecule has 0 aliphatic heterocycles. The highest BCUT2D eigenvalue weighted by atomic mass is 15.2. The van der Waals surface area contributed by atoms with Crippen LogP contribution in [0.5, 0.6) is 0 Å². The van der Waals surface area contributed by atoms with Crippen LogP contribution in [0.2, 0.25) is 0 Å². The maximum atomic E-state index is 4.15. The standard InChI is InChI=1S/C10H15N5/c1-15-8-9(7-14-15)6-11-3-2-10-12-4-5-13-10/h4-5,7-8,11H,2-3,6H2,1H3,(H,12,13). The fourth-order valence-corrected chi connectivity index (χ4v) is 1.44. The van der Waals surface area contributed by atoms with Crippen molar-refractivity contribution in [3.8, 4) is 0 Å². The zero-order valence-corrected chi connectivity index (χ0v) is 8.77. The molecule has 5 nitrogen and oxygen atoms in total. The highest BCUT2D eigenvalue weighted by molar-refractivity contribution is 5.02. The molecule has 0 bridgehead atoms. The predicted octanol–water partition coefficient (Wildman–Crippen LogP) is 0.475. The fraction of sp³-hybridized carbons (Fsp3) is 0.400. The third-order valence-corrected chi connectivity index (χ3v) is 2.18. The van der Waals surface area contributed by atoms with E-state index in [2.05, 4.69) is 20.4 Å². The largest absolute Gasteiger partial charge is 0.349 e. The van der Waals surface area contributed by atoms with Gasteiger partial charge in [-0.1, -0.05) is 0 Å². The summed E-state index contributed by atoms with van der Waals surface area (Å²) >= 11 is 0. The fourth-order valence-electron chi connectivity index (χ4n) is 1.44. The zero-order chi connectivity index (χ0) is 10.5. The maximum absolute atomic E-state index is 4.15. The number of nitrogens with zero attached hydrogens (tertiary/aromatic N) is 3. The summed E-state index contributed by atoms with van der Waals surface area (Å²) in [5.74, 6) is 1.02. The van der Waals surface area contributed by atoms with Gasteiger partial charge in [0.2, 0.25) is 0 Å². The molecule has 0 aromatic carbocycles. The molecule has 2 rings (SSSR count). The van der Waals surface area contributed by atoms with Gasteiger partial charge in [0.25, 0.3) is 0 Å². The molecule has 0 aliphatic carbocycles. The van der Waals surface area contributed by atoms with Gasteiger partial charge < -0.3 is 10.3 Å². The van der Waals surface area contributed by atoms with Crippen LogP contribution < -0.4 is 5.32 Å². The summed E-state index contributed by atoms with van der Waals surface area (Å²) in [7, 11) is 1.92. The summed E-state index contributed by atoms with van der Waals surface area (Å²) in [6.07, 6.45) is 8.43. The molecule has 0 unspecified atom stereocenters. The molecule has 2 aromatic heterocycles. The van der Waals surface area contributed by atoms with E-state index in [0.717, 1.165) is 25.3 Å². The van der Waals surface area contributed by atoms with Gasteiger partial charge in [-0.2, -0.15) is 5.10 Å². The summed E-state index contributed by atoms with van der Waals surface area (Å²) < 4.78 is 1.81. The molecule has 2 heterocycles. The Labute approximate surface area is 88.5 Å². The van der Waals surface area contributed by atoms with Crippen molar-refractivity contribution in [2.24, 2.45) is 7.05 Å². The van der Waals surface area contributed by atoms with Crippen LogP contribution in [-0.4, -0.2) is 26.3 Å². The first-order valence-electron chi connectivity index (χ1n) is 5.01. The van der Waals surface area contributed by atoms with E-state index in [1.165, 1.54) is 5.56 Å². The molecular weight excluding hydrogens is 190 g/mol. The van der Waals surface area contributed by atoms with Crippen LogP contribution >= 0.6 is 0 Å². The van der Waals surface area contributed by atoms with Crippen molar-refractivity contribution in [2.75, 3.05) is 6.54 Å². The molecule has 80 valence electrons. The molecule has 0 amide bonds. The monoisotopic (exact) mass is 205 g/mol. The summed E-state index contributed by atoms with van der Waals surface area (Å²) in [6.45, 7) is 1.77. The average molecular weight is 205 g/mol. The molecule has 2 N–H and O–H groups in total. The van der Waals surface area contributed by atoms with Gasteiger partial charge in [-0.25, -0.2) is 4.98 Å². The smallest absolute Gasteiger partial charge is 0.107 e. The van der Waals surface area contributed by atoms with Crippen LogP contribution in [0, 0.1) is 0 Å². The highest BCUT2D eigenvalue weighted by Gasteiger charge is 1.96. The highest BCUT2D eigenvalue weighted by Crippen LogP contribution is 1.95. The minimum atomic E-state index is 0.856. The first-order valence-corrected chi connectivity index (χ1v) is 5.01. The zero-order valence-electron chi connectivity index (χ0n) is 8.77. The molecular formula is C10H15N5. The van der Waals surface area contributed by atoms with E-state index in [4.69, 9.17) is 0 Å². The number of rotatable bonds is 5. The van der Waals surface area contributed by atoms with Crippen molar-refractivity contribution in [1.29, 1.82) is 0 Å². The summed E-state index contributed by atoms with van der Waals surface area (Å²) in [4.78, 5) is 7.23. The number of hydrogen-bond donors (Lipinski definition) is 2. The Morgan fingerprint density at radius 1 is 1.53 bits per heavy atom. The van der Waals surface area contributed by atoms with Gasteiger partial charge in [-0.05, 0) is 0 Å². The Morgan fingerprint density at radius 2 is 2.47 bits per heavy atom. The third-order valence-electron chi connectivity index (χ3n) is 2.18. The molecule has 15 heavy (non-hydrogen) atoms. The van der Waals surface area contributed by atoms with E-state index < -0.39 is 0 Å². The van der Waals surface area contributed by atoms with E-state index >= 15 is 0 Å². The van der Waals surface area contributed by atoms with E-state index in [1.54, 1.807) is 6.20 Å². The van der Waals surface area contributed by atoms with Crippen LogP contribution in [-0.2, 0) is 20.0 Å². The number of aromatic amines is 1. The van der Waals surface area contributed by atoms with Gasteiger partial charge in [0, 0.05) is 50.7 Å². The van der Waals surface area contributed by atoms with Gasteiger partial charge in [0.15, 0.2) is 0 Å². The first kappa shape index (κ1) is 9.92. The quantitative estimate of drug-likeness (QED) is 0.698. The van der Waals surface area contributed by atoms with E-state index in [9.17, 15) is 0 Å². The first-order chi connectivity index (χ1) is 7.34. The Morgan fingerprint density at radius 3 is 3.13 bits per heavy atom. The van der Waals surface area contributed by atoms with Gasteiger partial charge >= 0.3 is 0 Å². The molecule has 0 saturated heterocycles. The Balaban J connectivity index is 1.67. The van der Waals surface area contributed by atoms with E-state index in [1.807, 2.05) is 30.3 Å². The van der Waals surface area contributed by atoms with Crippen molar-refractivity contribution in [2.45, 2.75) is 13.0 Å². The maximum Gasteiger partial charge on any atom is 0.107 e. The normalized spacial score (nSPS) is 10.7. The van der Waals surface area contributed by atoms with Crippen LogP contribution in [0.4, 0.5) is 0 Å². The van der Waals surface area contributed by atoms with Crippen molar-refractivity contribution >= 4 is 0 Å². The predicted molar refractivity (Wildman–Crippen MR) is 57.2 cm³/mol. The molecule has 0 aliphatic rings. The molecule has 0 fully saturated rings. The lowest BCUT2D eigenvalue weighted by atomic mass is 10.3. The van der Waals surface area contributed by atoms with Crippen molar-refractivity contribution in [3.05, 3.63) is 36.2 Å². The number of imidazole rings is 1. The van der Waals surface area contributed by atoms with Gasteiger partial charge in [0.05, 0.1) is 6.20 Å². The summed E-state index contributed by atoms with van der Waals surface area (Å²) in [6, 6.07) is 0. The van der Waals surface area contributed by atoms with Gasteiger partial charge in [-0.3, -0.25) is 4.68 Å². The summed E-state index contributed by atoms with van der Waals surface area (Å²) in [5, 5.41) is 7.44. The van der Waals surface area contributed by atoms with Crippen molar-refractivity contribution in [1.82, 2.24) is 25.1 Å². The molecule has 0 atom stereocenters. The van der Waals surface area contributed by atoms with Crippen molar-refractivity contribution < 1.29 is 0 Å². The molecule has 0 radical (unpaired) electrons. The number of aryl methyl sites for hydroxylation is 1. The van der Waals surface area contributed by atoms with Crippen LogP contribution in [0.3, 0.4) is 0 Å². The minimum absolute atomic E-state index is 0.856. The lowest BCUT2D eigenvalue weighted by Crippen LogP contribution is -2.16. The second-order valence-electron chi connectivity index (χ2n) is 3.48. The number of aromatic nitrogens is 4. The second kappa shape index (κ2) is 4.75. The van der Waals surface area contributed by atoms with Gasteiger partial charge in [-0.15, -0.1) is 0 Å². The van der Waals surface area contributed by atoms with E-state index in [0.29, 0.717) is 0 Å². The van der Waals surface area contributed by atoms with E-state index in [-0.39, 0.29) is 0 Å². The second-order valence-corrected chi connectivity index (χ2v) is 3.48. The van der Waals surface area contributed by atoms with Gasteiger partial charge in [0.1, 0.15) is 5.82 Å². The molecule has 0 spiro atoms. The third kappa shape index (κ3) is 2.92. The van der Waals surface area contributed by atoms with Crippen LogP contribution in [0.15, 0.2) is 24.8 Å².